The van der Waals surface area contributed by atoms with E-state index < -0.39 is 5.97 Å². The van der Waals surface area contributed by atoms with Crippen LogP contribution in [0.3, 0.4) is 0 Å². The molecule has 1 amide bonds. The molecule has 8 heteroatoms. The summed E-state index contributed by atoms with van der Waals surface area (Å²) in [4.78, 5) is 33.0. The molecule has 1 aliphatic rings. The zero-order valence-electron chi connectivity index (χ0n) is 18.6. The van der Waals surface area contributed by atoms with Crippen LogP contribution < -0.4 is 4.90 Å². The molecule has 2 aromatic heterocycles. The minimum atomic E-state index is -0.459. The van der Waals surface area contributed by atoms with E-state index in [-0.39, 0.29) is 18.1 Å². The number of benzene rings is 1. The molecule has 1 aromatic carbocycles. The van der Waals surface area contributed by atoms with Gasteiger partial charge in [0, 0.05) is 49.3 Å². The lowest BCUT2D eigenvalue weighted by molar-refractivity contribution is -0.132. The number of hydrogen-bond acceptors (Lipinski definition) is 6. The fraction of sp³-hybridized carbons (Fsp3) is 0.333. The SMILES string of the molecule is COC(=O)c1cc(-c2ccccc2N2CCN(C(=O)Cn3nc(C)cc3C)CC2)ccn1. The highest BCUT2D eigenvalue weighted by Crippen LogP contribution is 2.31. The van der Waals surface area contributed by atoms with E-state index in [9.17, 15) is 9.59 Å². The molecule has 3 aromatic rings. The van der Waals surface area contributed by atoms with Crippen molar-refractivity contribution in [3.8, 4) is 11.1 Å². The van der Waals surface area contributed by atoms with Gasteiger partial charge in [-0.05, 0) is 43.7 Å². The Morgan fingerprint density at radius 2 is 1.78 bits per heavy atom. The number of aromatic nitrogens is 3. The number of piperazine rings is 1. The molecule has 1 fully saturated rings. The lowest BCUT2D eigenvalue weighted by atomic mass is 10.0. The van der Waals surface area contributed by atoms with Crippen molar-refractivity contribution in [1.29, 1.82) is 0 Å². The summed E-state index contributed by atoms with van der Waals surface area (Å²) >= 11 is 0. The van der Waals surface area contributed by atoms with Crippen LogP contribution in [0.4, 0.5) is 5.69 Å². The number of pyridine rings is 1. The van der Waals surface area contributed by atoms with Crippen molar-refractivity contribution >= 4 is 17.6 Å². The zero-order chi connectivity index (χ0) is 22.7. The molecular weight excluding hydrogens is 406 g/mol. The molecule has 0 bridgehead atoms. The van der Waals surface area contributed by atoms with Crippen LogP contribution in [-0.4, -0.2) is 64.8 Å². The number of hydrogen-bond donors (Lipinski definition) is 0. The first-order chi connectivity index (χ1) is 15.5. The third kappa shape index (κ3) is 4.49. The molecule has 0 atom stereocenters. The van der Waals surface area contributed by atoms with Crippen LogP contribution in [-0.2, 0) is 16.1 Å². The summed E-state index contributed by atoms with van der Waals surface area (Å²) in [6.45, 7) is 6.92. The molecule has 0 N–H and O–H groups in total. The van der Waals surface area contributed by atoms with Gasteiger partial charge in [0.2, 0.25) is 5.91 Å². The Balaban J connectivity index is 1.47. The van der Waals surface area contributed by atoms with Gasteiger partial charge in [0.25, 0.3) is 0 Å². The number of amides is 1. The quantitative estimate of drug-likeness (QED) is 0.576. The summed E-state index contributed by atoms with van der Waals surface area (Å²) in [7, 11) is 1.35. The number of carbonyl (C=O) groups excluding carboxylic acids is 2. The molecule has 8 nitrogen and oxygen atoms in total. The summed E-state index contributed by atoms with van der Waals surface area (Å²) in [6, 6.07) is 13.7. The Kier molecular flexibility index (Phi) is 6.20. The fourth-order valence-electron chi connectivity index (χ4n) is 4.07. The molecule has 0 saturated carbocycles. The molecule has 32 heavy (non-hydrogen) atoms. The van der Waals surface area contributed by atoms with Crippen molar-refractivity contribution in [3.63, 3.8) is 0 Å². The van der Waals surface area contributed by atoms with E-state index in [2.05, 4.69) is 21.0 Å². The first kappa shape index (κ1) is 21.5. The maximum atomic E-state index is 12.8. The van der Waals surface area contributed by atoms with Crippen molar-refractivity contribution in [3.05, 3.63) is 65.7 Å². The van der Waals surface area contributed by atoms with Crippen LogP contribution in [0.15, 0.2) is 48.7 Å². The van der Waals surface area contributed by atoms with E-state index >= 15 is 0 Å². The van der Waals surface area contributed by atoms with Crippen molar-refractivity contribution in [2.75, 3.05) is 38.2 Å². The standard InChI is InChI=1S/C24H27N5O3/c1-17-14-18(2)29(26-17)16-23(30)28-12-10-27(11-13-28)22-7-5-4-6-20(22)19-8-9-25-21(15-19)24(31)32-3/h4-9,14-15H,10-13,16H2,1-3H3. The molecule has 0 radical (unpaired) electrons. The highest BCUT2D eigenvalue weighted by molar-refractivity contribution is 5.90. The van der Waals surface area contributed by atoms with E-state index in [0.29, 0.717) is 13.1 Å². The molecule has 0 spiro atoms. The third-order valence-corrected chi connectivity index (χ3v) is 5.73. The minimum absolute atomic E-state index is 0.0842. The first-order valence-electron chi connectivity index (χ1n) is 10.6. The number of anilines is 1. The summed E-state index contributed by atoms with van der Waals surface area (Å²) in [5.41, 5.74) is 5.18. The van der Waals surface area contributed by atoms with Gasteiger partial charge in [0.1, 0.15) is 12.2 Å². The van der Waals surface area contributed by atoms with Gasteiger partial charge < -0.3 is 14.5 Å². The number of aryl methyl sites for hydroxylation is 2. The largest absolute Gasteiger partial charge is 0.464 e. The lowest BCUT2D eigenvalue weighted by Gasteiger charge is -2.37. The maximum Gasteiger partial charge on any atom is 0.356 e. The fourth-order valence-corrected chi connectivity index (χ4v) is 4.07. The molecule has 1 saturated heterocycles. The van der Waals surface area contributed by atoms with Gasteiger partial charge in [0.05, 0.1) is 12.8 Å². The van der Waals surface area contributed by atoms with Gasteiger partial charge in [-0.1, -0.05) is 18.2 Å². The van der Waals surface area contributed by atoms with E-state index in [0.717, 1.165) is 41.3 Å². The second-order valence-corrected chi connectivity index (χ2v) is 7.89. The number of methoxy groups -OCH3 is 1. The highest BCUT2D eigenvalue weighted by Gasteiger charge is 2.23. The summed E-state index contributed by atoms with van der Waals surface area (Å²) in [6.07, 6.45) is 1.62. The molecule has 1 aliphatic heterocycles. The van der Waals surface area contributed by atoms with Crippen LogP contribution >= 0.6 is 0 Å². The molecular formula is C24H27N5O3. The Morgan fingerprint density at radius 1 is 1.03 bits per heavy atom. The topological polar surface area (TPSA) is 80.6 Å². The Labute approximate surface area is 187 Å². The minimum Gasteiger partial charge on any atom is -0.464 e. The van der Waals surface area contributed by atoms with Crippen molar-refractivity contribution in [1.82, 2.24) is 19.7 Å². The van der Waals surface area contributed by atoms with Gasteiger partial charge in [-0.15, -0.1) is 0 Å². The van der Waals surface area contributed by atoms with Crippen molar-refractivity contribution < 1.29 is 14.3 Å². The summed E-state index contributed by atoms with van der Waals surface area (Å²) in [5, 5.41) is 4.40. The van der Waals surface area contributed by atoms with Crippen LogP contribution in [0.2, 0.25) is 0 Å². The van der Waals surface area contributed by atoms with Crippen molar-refractivity contribution in [2.45, 2.75) is 20.4 Å². The van der Waals surface area contributed by atoms with Crippen LogP contribution in [0.1, 0.15) is 21.9 Å². The summed E-state index contributed by atoms with van der Waals surface area (Å²) in [5.74, 6) is -0.375. The number of carbonyl (C=O) groups is 2. The van der Waals surface area contributed by atoms with E-state index in [1.54, 1.807) is 16.9 Å². The monoisotopic (exact) mass is 433 g/mol. The molecule has 166 valence electrons. The van der Waals surface area contributed by atoms with Crippen LogP contribution in [0.5, 0.6) is 0 Å². The lowest BCUT2D eigenvalue weighted by Crippen LogP contribution is -2.49. The smallest absolute Gasteiger partial charge is 0.356 e. The zero-order valence-corrected chi connectivity index (χ0v) is 18.6. The van der Waals surface area contributed by atoms with Crippen LogP contribution in [0.25, 0.3) is 11.1 Å². The molecule has 3 heterocycles. The van der Waals surface area contributed by atoms with Gasteiger partial charge >= 0.3 is 5.97 Å². The number of para-hydroxylation sites is 1. The number of rotatable bonds is 5. The predicted molar refractivity (Wildman–Crippen MR) is 122 cm³/mol. The molecule has 4 rings (SSSR count). The normalized spacial score (nSPS) is 13.8. The van der Waals surface area contributed by atoms with Gasteiger partial charge in [0.15, 0.2) is 0 Å². The third-order valence-electron chi connectivity index (χ3n) is 5.73. The second-order valence-electron chi connectivity index (χ2n) is 7.89. The number of esters is 1. The van der Waals surface area contributed by atoms with E-state index in [1.165, 1.54) is 7.11 Å². The number of ether oxygens (including phenoxy) is 1. The average Bonchev–Trinajstić information content (AvgIpc) is 3.14. The van der Waals surface area contributed by atoms with Gasteiger partial charge in [-0.3, -0.25) is 9.48 Å². The number of nitrogens with zero attached hydrogens (tertiary/aromatic N) is 5. The van der Waals surface area contributed by atoms with Gasteiger partial charge in [-0.25, -0.2) is 9.78 Å². The van der Waals surface area contributed by atoms with E-state index in [1.807, 2.05) is 49.1 Å². The second kappa shape index (κ2) is 9.21. The Bertz CT molecular complexity index is 1130. The summed E-state index contributed by atoms with van der Waals surface area (Å²) < 4.78 is 6.57. The average molecular weight is 434 g/mol. The van der Waals surface area contributed by atoms with Crippen LogP contribution in [0, 0.1) is 13.8 Å². The van der Waals surface area contributed by atoms with Gasteiger partial charge in [-0.2, -0.15) is 5.10 Å². The maximum absolute atomic E-state index is 12.8. The predicted octanol–water partition coefficient (Wildman–Crippen LogP) is 2.70. The Morgan fingerprint density at radius 3 is 2.47 bits per heavy atom. The molecule has 0 aliphatic carbocycles. The first-order valence-corrected chi connectivity index (χ1v) is 10.6. The van der Waals surface area contributed by atoms with E-state index in [4.69, 9.17) is 4.74 Å². The Hall–Kier alpha value is -3.68. The van der Waals surface area contributed by atoms with Crippen molar-refractivity contribution in [2.24, 2.45) is 0 Å². The highest BCUT2D eigenvalue weighted by atomic mass is 16.5. The molecule has 0 unspecified atom stereocenters.